The van der Waals surface area contributed by atoms with Crippen molar-refractivity contribution in [3.05, 3.63) is 83.2 Å². The summed E-state index contributed by atoms with van der Waals surface area (Å²) >= 11 is 0. The molecule has 0 saturated carbocycles. The smallest absolute Gasteiger partial charge is 0.243 e. The number of benzene rings is 2. The second kappa shape index (κ2) is 9.68. The van der Waals surface area contributed by atoms with Crippen molar-refractivity contribution in [1.82, 2.24) is 19.2 Å². The standard InChI is InChI=1S/C25H29FN4O3S/c1-17-8-9-22(18(2)16-17)34(32,33)30-13-10-19(11-14-30)25(31)28-23(24-27-12-15-29(24)3)20-6-4-5-7-21(20)26/h4-9,12,15-16,19,23H,10-11,13-14H2,1-3H3,(H,28,31)/t23-/m0/s1. The SMILES string of the molecule is Cc1ccc(S(=O)(=O)N2CCC(C(=O)N[C@@H](c3ccccc3F)c3nccn3C)CC2)c(C)c1. The molecule has 1 saturated heterocycles. The third-order valence-electron chi connectivity index (χ3n) is 6.39. The minimum absolute atomic E-state index is 0.236. The third kappa shape index (κ3) is 4.76. The van der Waals surface area contributed by atoms with Crippen molar-refractivity contribution in [2.75, 3.05) is 13.1 Å². The first-order valence-electron chi connectivity index (χ1n) is 11.3. The Kier molecular flexibility index (Phi) is 6.86. The number of aromatic nitrogens is 2. The fourth-order valence-electron chi connectivity index (χ4n) is 4.49. The van der Waals surface area contributed by atoms with E-state index in [4.69, 9.17) is 0 Å². The van der Waals surface area contributed by atoms with Gasteiger partial charge in [0.15, 0.2) is 0 Å². The van der Waals surface area contributed by atoms with Gasteiger partial charge in [-0.05, 0) is 44.4 Å². The Morgan fingerprint density at radius 3 is 2.47 bits per heavy atom. The van der Waals surface area contributed by atoms with Gasteiger partial charge in [-0.15, -0.1) is 0 Å². The lowest BCUT2D eigenvalue weighted by atomic mass is 9.96. The van der Waals surface area contributed by atoms with E-state index >= 15 is 0 Å². The van der Waals surface area contributed by atoms with Gasteiger partial charge in [0.05, 0.1) is 4.90 Å². The monoisotopic (exact) mass is 484 g/mol. The van der Waals surface area contributed by atoms with Crippen molar-refractivity contribution in [2.45, 2.75) is 37.6 Å². The maximum absolute atomic E-state index is 14.6. The first-order chi connectivity index (χ1) is 16.2. The lowest BCUT2D eigenvalue weighted by Gasteiger charge is -2.32. The van der Waals surface area contributed by atoms with Crippen LogP contribution < -0.4 is 5.32 Å². The number of rotatable bonds is 6. The molecule has 1 aliphatic rings. The van der Waals surface area contributed by atoms with Gasteiger partial charge in [-0.2, -0.15) is 4.31 Å². The van der Waals surface area contributed by atoms with Crippen LogP contribution in [0.25, 0.3) is 0 Å². The third-order valence-corrected chi connectivity index (χ3v) is 8.45. The molecule has 0 spiro atoms. The van der Waals surface area contributed by atoms with Crippen molar-refractivity contribution in [1.29, 1.82) is 0 Å². The first kappa shape index (κ1) is 24.1. The van der Waals surface area contributed by atoms with Gasteiger partial charge < -0.3 is 9.88 Å². The second-order valence-electron chi connectivity index (χ2n) is 8.81. The highest BCUT2D eigenvalue weighted by atomic mass is 32.2. The number of nitrogens with zero attached hydrogens (tertiary/aromatic N) is 3. The van der Waals surface area contributed by atoms with Crippen LogP contribution in [0.4, 0.5) is 4.39 Å². The van der Waals surface area contributed by atoms with Crippen molar-refractivity contribution in [2.24, 2.45) is 13.0 Å². The van der Waals surface area contributed by atoms with Crippen LogP contribution >= 0.6 is 0 Å². The van der Waals surface area contributed by atoms with Gasteiger partial charge in [-0.25, -0.2) is 17.8 Å². The number of sulfonamides is 1. The highest BCUT2D eigenvalue weighted by Crippen LogP contribution is 2.28. The average molecular weight is 485 g/mol. The quantitative estimate of drug-likeness (QED) is 0.581. The zero-order valence-corrected chi connectivity index (χ0v) is 20.3. The minimum Gasteiger partial charge on any atom is -0.342 e. The molecule has 34 heavy (non-hydrogen) atoms. The predicted octanol–water partition coefficient (Wildman–Crippen LogP) is 3.48. The Hall–Kier alpha value is -3.04. The minimum atomic E-state index is -3.63. The fraction of sp³-hybridized carbons (Fsp3) is 0.360. The summed E-state index contributed by atoms with van der Waals surface area (Å²) in [5.41, 5.74) is 2.05. The summed E-state index contributed by atoms with van der Waals surface area (Å²) in [7, 11) is -1.84. The van der Waals surface area contributed by atoms with E-state index in [1.165, 1.54) is 10.4 Å². The molecular weight excluding hydrogens is 455 g/mol. The maximum atomic E-state index is 14.6. The number of hydrogen-bond donors (Lipinski definition) is 1. The molecule has 3 aromatic rings. The Morgan fingerprint density at radius 2 is 1.85 bits per heavy atom. The summed E-state index contributed by atoms with van der Waals surface area (Å²) < 4.78 is 44.1. The van der Waals surface area contributed by atoms with Gasteiger partial charge in [0.1, 0.15) is 17.7 Å². The molecule has 2 aromatic carbocycles. The average Bonchev–Trinajstić information content (AvgIpc) is 3.23. The summed E-state index contributed by atoms with van der Waals surface area (Å²) in [6.45, 7) is 4.22. The molecule has 0 bridgehead atoms. The van der Waals surface area contributed by atoms with Crippen molar-refractivity contribution in [3.63, 3.8) is 0 Å². The molecule has 4 rings (SSSR count). The Morgan fingerprint density at radius 1 is 1.15 bits per heavy atom. The van der Waals surface area contributed by atoms with Gasteiger partial charge in [-0.1, -0.05) is 35.9 Å². The lowest BCUT2D eigenvalue weighted by molar-refractivity contribution is -0.126. The number of amides is 1. The number of aryl methyl sites for hydroxylation is 3. The molecule has 1 fully saturated rings. The lowest BCUT2D eigenvalue weighted by Crippen LogP contribution is -2.44. The van der Waals surface area contributed by atoms with Crippen molar-refractivity contribution < 1.29 is 17.6 Å². The Labute approximate surface area is 199 Å². The van der Waals surface area contributed by atoms with E-state index in [1.807, 2.05) is 13.0 Å². The highest BCUT2D eigenvalue weighted by molar-refractivity contribution is 7.89. The van der Waals surface area contributed by atoms with Crippen LogP contribution in [0.1, 0.15) is 41.4 Å². The molecule has 1 aromatic heterocycles. The second-order valence-corrected chi connectivity index (χ2v) is 10.7. The van der Waals surface area contributed by atoms with Gasteiger partial charge in [0.25, 0.3) is 0 Å². The summed E-state index contributed by atoms with van der Waals surface area (Å²) in [6.07, 6.45) is 4.12. The van der Waals surface area contributed by atoms with E-state index in [-0.39, 0.29) is 24.9 Å². The molecular formula is C25H29FN4O3S. The number of halogens is 1. The van der Waals surface area contributed by atoms with E-state index < -0.39 is 21.9 Å². The number of piperidine rings is 1. The van der Waals surface area contributed by atoms with Crippen LogP contribution in [0.2, 0.25) is 0 Å². The number of hydrogen-bond acceptors (Lipinski definition) is 4. The van der Waals surface area contributed by atoms with Gasteiger partial charge in [0, 0.05) is 44.0 Å². The molecule has 180 valence electrons. The first-order valence-corrected chi connectivity index (χ1v) is 12.7. The fourth-order valence-corrected chi connectivity index (χ4v) is 6.17. The summed E-state index contributed by atoms with van der Waals surface area (Å²) in [5.74, 6) is -0.515. The van der Waals surface area contributed by atoms with E-state index in [1.54, 1.807) is 61.3 Å². The number of nitrogens with one attached hydrogen (secondary N) is 1. The van der Waals surface area contributed by atoms with E-state index in [9.17, 15) is 17.6 Å². The molecule has 7 nitrogen and oxygen atoms in total. The van der Waals surface area contributed by atoms with Crippen LogP contribution in [0.5, 0.6) is 0 Å². The van der Waals surface area contributed by atoms with Gasteiger partial charge >= 0.3 is 0 Å². The summed E-state index contributed by atoms with van der Waals surface area (Å²) in [6, 6.07) is 10.9. The molecule has 0 radical (unpaired) electrons. The zero-order valence-electron chi connectivity index (χ0n) is 19.5. The van der Waals surface area contributed by atoms with Crippen LogP contribution in [0.15, 0.2) is 59.8 Å². The van der Waals surface area contributed by atoms with Crippen LogP contribution in [-0.4, -0.2) is 41.3 Å². The molecule has 9 heteroatoms. The van der Waals surface area contributed by atoms with Crippen LogP contribution in [0, 0.1) is 25.6 Å². The topological polar surface area (TPSA) is 84.3 Å². The molecule has 0 aliphatic carbocycles. The van der Waals surface area contributed by atoms with Gasteiger partial charge in [0.2, 0.25) is 15.9 Å². The van der Waals surface area contributed by atoms with Crippen LogP contribution in [-0.2, 0) is 21.9 Å². The van der Waals surface area contributed by atoms with Crippen molar-refractivity contribution in [3.8, 4) is 0 Å². The molecule has 0 unspecified atom stereocenters. The Balaban J connectivity index is 1.48. The van der Waals surface area contributed by atoms with Crippen LogP contribution in [0.3, 0.4) is 0 Å². The number of carbonyl (C=O) groups is 1. The zero-order chi connectivity index (χ0) is 24.5. The molecule has 1 atom stereocenters. The van der Waals surface area contributed by atoms with Gasteiger partial charge in [-0.3, -0.25) is 4.79 Å². The molecule has 1 aliphatic heterocycles. The Bertz CT molecular complexity index is 1300. The summed E-state index contributed by atoms with van der Waals surface area (Å²) in [4.78, 5) is 17.8. The van der Waals surface area contributed by atoms with E-state index in [0.29, 0.717) is 34.7 Å². The van der Waals surface area contributed by atoms with Crippen molar-refractivity contribution >= 4 is 15.9 Å². The summed E-state index contributed by atoms with van der Waals surface area (Å²) in [5, 5.41) is 2.96. The molecule has 1 N–H and O–H groups in total. The normalized spacial score (nSPS) is 16.4. The maximum Gasteiger partial charge on any atom is 0.243 e. The predicted molar refractivity (Wildman–Crippen MR) is 127 cm³/mol. The largest absolute Gasteiger partial charge is 0.342 e. The van der Waals surface area contributed by atoms with E-state index in [0.717, 1.165) is 5.56 Å². The molecule has 2 heterocycles. The molecule has 1 amide bonds. The van der Waals surface area contributed by atoms with E-state index in [2.05, 4.69) is 10.3 Å². The number of imidazole rings is 1. The highest BCUT2D eigenvalue weighted by Gasteiger charge is 2.34. The number of carbonyl (C=O) groups excluding carboxylic acids is 1.